The van der Waals surface area contributed by atoms with Gasteiger partial charge in [0, 0.05) is 22.4 Å². The average molecular weight is 385 g/mol. The first kappa shape index (κ1) is 20.1. The van der Waals surface area contributed by atoms with Crippen molar-refractivity contribution >= 4 is 29.2 Å². The number of benzene rings is 1. The Balaban J connectivity index is 2.35. The summed E-state index contributed by atoms with van der Waals surface area (Å²) in [6.07, 6.45) is 5.33. The fraction of sp³-hybridized carbons (Fsp3) is 0.550. The van der Waals surface area contributed by atoms with Crippen LogP contribution in [0.5, 0.6) is 0 Å². The van der Waals surface area contributed by atoms with Crippen molar-refractivity contribution < 1.29 is 14.6 Å². The van der Waals surface area contributed by atoms with Crippen molar-refractivity contribution in [1.82, 2.24) is 0 Å². The van der Waals surface area contributed by atoms with Crippen molar-refractivity contribution in [2.75, 3.05) is 0 Å². The van der Waals surface area contributed by atoms with Crippen LogP contribution in [-0.2, 0) is 16.0 Å². The Morgan fingerprint density at radius 2 is 1.84 bits per heavy atom. The molecule has 1 aromatic rings. The van der Waals surface area contributed by atoms with Crippen LogP contribution in [0.3, 0.4) is 0 Å². The summed E-state index contributed by atoms with van der Waals surface area (Å²) in [5.41, 5.74) is 0.416. The van der Waals surface area contributed by atoms with Crippen molar-refractivity contribution in [3.8, 4) is 0 Å². The molecule has 1 saturated carbocycles. The summed E-state index contributed by atoms with van der Waals surface area (Å²) >= 11 is 12.2. The molecule has 0 aliphatic heterocycles. The SMILES string of the molecule is CC(C)(C)OC(=O)/C(Cc1ccc(Cl)cc1Cl)=C(/O)C1CCCCC1. The normalized spacial score (nSPS) is 17.2. The molecule has 0 atom stereocenters. The molecule has 1 aliphatic rings. The highest BCUT2D eigenvalue weighted by Crippen LogP contribution is 2.33. The molecule has 0 radical (unpaired) electrons. The first-order chi connectivity index (χ1) is 11.7. The molecule has 0 saturated heterocycles. The number of carbonyl (C=O) groups excluding carboxylic acids is 1. The van der Waals surface area contributed by atoms with E-state index in [1.165, 1.54) is 6.42 Å². The molecular formula is C20H26Cl2O3. The summed E-state index contributed by atoms with van der Waals surface area (Å²) in [6, 6.07) is 5.15. The minimum atomic E-state index is -0.626. The van der Waals surface area contributed by atoms with Crippen molar-refractivity contribution in [3.63, 3.8) is 0 Å². The summed E-state index contributed by atoms with van der Waals surface area (Å²) < 4.78 is 5.52. The summed E-state index contributed by atoms with van der Waals surface area (Å²) in [7, 11) is 0. The van der Waals surface area contributed by atoms with Gasteiger partial charge in [0.05, 0.1) is 5.57 Å². The molecule has 138 valence electrons. The van der Waals surface area contributed by atoms with Gasteiger partial charge in [-0.1, -0.05) is 48.5 Å². The smallest absolute Gasteiger partial charge is 0.338 e. The Morgan fingerprint density at radius 1 is 1.20 bits per heavy atom. The summed E-state index contributed by atoms with van der Waals surface area (Å²) in [4.78, 5) is 12.7. The minimum Gasteiger partial charge on any atom is -0.511 e. The largest absolute Gasteiger partial charge is 0.511 e. The first-order valence-electron chi connectivity index (χ1n) is 8.76. The molecule has 25 heavy (non-hydrogen) atoms. The molecule has 5 heteroatoms. The van der Waals surface area contributed by atoms with Crippen molar-refractivity contribution in [3.05, 3.63) is 45.1 Å². The number of aliphatic hydroxyl groups excluding tert-OH is 1. The van der Waals surface area contributed by atoms with Gasteiger partial charge in [0.25, 0.3) is 0 Å². The minimum absolute atomic E-state index is 0.0161. The zero-order valence-corrected chi connectivity index (χ0v) is 16.6. The van der Waals surface area contributed by atoms with Gasteiger partial charge in [0.1, 0.15) is 11.4 Å². The van der Waals surface area contributed by atoms with Gasteiger partial charge in [-0.15, -0.1) is 0 Å². The number of aliphatic hydroxyl groups is 1. The van der Waals surface area contributed by atoms with Gasteiger partial charge in [0.15, 0.2) is 0 Å². The second-order valence-electron chi connectivity index (χ2n) is 7.61. The van der Waals surface area contributed by atoms with Crippen LogP contribution < -0.4 is 0 Å². The molecule has 2 rings (SSSR count). The van der Waals surface area contributed by atoms with E-state index >= 15 is 0 Å². The molecule has 1 N–H and O–H groups in total. The van der Waals surface area contributed by atoms with Gasteiger partial charge in [-0.2, -0.15) is 0 Å². The van der Waals surface area contributed by atoms with Gasteiger partial charge in [-0.3, -0.25) is 0 Å². The number of hydrogen-bond donors (Lipinski definition) is 1. The highest BCUT2D eigenvalue weighted by Gasteiger charge is 2.28. The molecular weight excluding hydrogens is 359 g/mol. The van der Waals surface area contributed by atoms with E-state index < -0.39 is 11.6 Å². The lowest BCUT2D eigenvalue weighted by Gasteiger charge is -2.25. The van der Waals surface area contributed by atoms with Crippen LogP contribution in [0.15, 0.2) is 29.5 Å². The van der Waals surface area contributed by atoms with Crippen molar-refractivity contribution in [2.24, 2.45) is 5.92 Å². The van der Waals surface area contributed by atoms with E-state index in [9.17, 15) is 9.90 Å². The highest BCUT2D eigenvalue weighted by atomic mass is 35.5. The van der Waals surface area contributed by atoms with Gasteiger partial charge < -0.3 is 9.84 Å². The Labute approximate surface area is 160 Å². The third-order valence-corrected chi connectivity index (χ3v) is 4.92. The van der Waals surface area contributed by atoms with Crippen LogP contribution in [0.2, 0.25) is 10.0 Å². The van der Waals surface area contributed by atoms with E-state index in [0.717, 1.165) is 31.2 Å². The standard InChI is InChI=1S/C20H26Cl2O3/c1-20(2,3)25-19(24)16(18(23)13-7-5-4-6-8-13)11-14-9-10-15(21)12-17(14)22/h9-10,12-13,23H,4-8,11H2,1-3H3/b18-16+. The average Bonchev–Trinajstić information content (AvgIpc) is 2.52. The predicted molar refractivity (Wildman–Crippen MR) is 102 cm³/mol. The van der Waals surface area contributed by atoms with Crippen LogP contribution >= 0.6 is 23.2 Å². The summed E-state index contributed by atoms with van der Waals surface area (Å²) in [6.45, 7) is 5.44. The number of carbonyl (C=O) groups is 1. The topological polar surface area (TPSA) is 46.5 Å². The second kappa shape index (κ2) is 8.46. The molecule has 0 heterocycles. The number of rotatable bonds is 4. The lowest BCUT2D eigenvalue weighted by atomic mass is 9.85. The van der Waals surface area contributed by atoms with E-state index in [1.807, 2.05) is 20.8 Å². The Hall–Kier alpha value is -1.19. The molecule has 0 bridgehead atoms. The van der Waals surface area contributed by atoms with Crippen LogP contribution in [0, 0.1) is 5.92 Å². The maximum Gasteiger partial charge on any atom is 0.338 e. The number of ether oxygens (including phenoxy) is 1. The molecule has 1 aromatic carbocycles. The van der Waals surface area contributed by atoms with E-state index in [0.29, 0.717) is 15.6 Å². The van der Waals surface area contributed by atoms with Gasteiger partial charge >= 0.3 is 5.97 Å². The maximum absolute atomic E-state index is 12.7. The van der Waals surface area contributed by atoms with Gasteiger partial charge in [-0.05, 0) is 51.3 Å². The monoisotopic (exact) mass is 384 g/mol. The third kappa shape index (κ3) is 5.93. The zero-order valence-electron chi connectivity index (χ0n) is 15.1. The number of hydrogen-bond acceptors (Lipinski definition) is 3. The van der Waals surface area contributed by atoms with Gasteiger partial charge in [-0.25, -0.2) is 4.79 Å². The second-order valence-corrected chi connectivity index (χ2v) is 8.46. The van der Waals surface area contributed by atoms with Crippen molar-refractivity contribution in [2.45, 2.75) is 64.9 Å². The first-order valence-corrected chi connectivity index (χ1v) is 9.52. The van der Waals surface area contributed by atoms with Crippen LogP contribution in [-0.4, -0.2) is 16.7 Å². The van der Waals surface area contributed by atoms with Crippen molar-refractivity contribution in [1.29, 1.82) is 0 Å². The van der Waals surface area contributed by atoms with E-state index in [2.05, 4.69) is 0 Å². The molecule has 0 unspecified atom stereocenters. The molecule has 3 nitrogen and oxygen atoms in total. The number of allylic oxidation sites excluding steroid dienone is 1. The molecule has 0 spiro atoms. The Bertz CT molecular complexity index is 653. The fourth-order valence-electron chi connectivity index (χ4n) is 3.08. The highest BCUT2D eigenvalue weighted by molar-refractivity contribution is 6.35. The quantitative estimate of drug-likeness (QED) is 0.377. The predicted octanol–water partition coefficient (Wildman–Crippen LogP) is 6.27. The number of esters is 1. The van der Waals surface area contributed by atoms with Crippen LogP contribution in [0.4, 0.5) is 0 Å². The fourth-order valence-corrected chi connectivity index (χ4v) is 3.56. The molecule has 1 fully saturated rings. The lowest BCUT2D eigenvalue weighted by molar-refractivity contribution is -0.150. The summed E-state index contributed by atoms with van der Waals surface area (Å²) in [5, 5.41) is 11.8. The summed E-state index contributed by atoms with van der Waals surface area (Å²) in [5.74, 6) is -0.316. The van der Waals surface area contributed by atoms with Crippen LogP contribution in [0.1, 0.15) is 58.4 Å². The molecule has 0 aromatic heterocycles. The van der Waals surface area contributed by atoms with Gasteiger partial charge in [0.2, 0.25) is 0 Å². The molecule has 1 aliphatic carbocycles. The maximum atomic E-state index is 12.7. The third-order valence-electron chi connectivity index (χ3n) is 4.33. The van der Waals surface area contributed by atoms with E-state index in [1.54, 1.807) is 18.2 Å². The lowest BCUT2D eigenvalue weighted by Crippen LogP contribution is -2.27. The zero-order chi connectivity index (χ0) is 18.6. The van der Waals surface area contributed by atoms with E-state index in [4.69, 9.17) is 27.9 Å². The Kier molecular flexibility index (Phi) is 6.81. The van der Waals surface area contributed by atoms with Crippen LogP contribution in [0.25, 0.3) is 0 Å². The molecule has 0 amide bonds. The van der Waals surface area contributed by atoms with E-state index in [-0.39, 0.29) is 18.1 Å². The Morgan fingerprint density at radius 3 is 2.40 bits per heavy atom. The number of halogens is 2.